The number of nitrogens with two attached hydrogens (primary N) is 1. The molecule has 0 fully saturated rings. The van der Waals surface area contributed by atoms with Crippen LogP contribution >= 0.6 is 12.2 Å². The second-order valence-corrected chi connectivity index (χ2v) is 5.27. The standard InChI is InChI=1S/C17H14N2OS/c1-11-6-7-14(17(18)21)16(8-11)20-13-9-12-4-2-3-5-15(12)19-10-13/h2-10H,1H3,(H2,18,21). The second-order valence-electron chi connectivity index (χ2n) is 4.83. The molecule has 0 bridgehead atoms. The van der Waals surface area contributed by atoms with Crippen LogP contribution in [0.2, 0.25) is 0 Å². The number of nitrogens with zero attached hydrogens (tertiary/aromatic N) is 1. The van der Waals surface area contributed by atoms with Gasteiger partial charge in [0.1, 0.15) is 16.5 Å². The van der Waals surface area contributed by atoms with Crippen molar-refractivity contribution in [1.29, 1.82) is 0 Å². The van der Waals surface area contributed by atoms with Gasteiger partial charge < -0.3 is 10.5 Å². The van der Waals surface area contributed by atoms with Crippen molar-refractivity contribution in [2.24, 2.45) is 5.73 Å². The van der Waals surface area contributed by atoms with Crippen LogP contribution in [0.1, 0.15) is 11.1 Å². The summed E-state index contributed by atoms with van der Waals surface area (Å²) in [5.41, 5.74) is 8.49. The van der Waals surface area contributed by atoms with Crippen LogP contribution in [0.5, 0.6) is 11.5 Å². The molecule has 0 unspecified atom stereocenters. The fourth-order valence-corrected chi connectivity index (χ4v) is 2.32. The van der Waals surface area contributed by atoms with Crippen molar-refractivity contribution in [3.8, 4) is 11.5 Å². The summed E-state index contributed by atoms with van der Waals surface area (Å²) in [6, 6.07) is 15.6. The number of pyridine rings is 1. The Labute approximate surface area is 128 Å². The molecule has 0 saturated heterocycles. The third kappa shape index (κ3) is 2.85. The van der Waals surface area contributed by atoms with Crippen LogP contribution in [0, 0.1) is 6.92 Å². The topological polar surface area (TPSA) is 48.1 Å². The normalized spacial score (nSPS) is 10.5. The van der Waals surface area contributed by atoms with E-state index in [0.29, 0.717) is 16.5 Å². The van der Waals surface area contributed by atoms with Crippen LogP contribution in [-0.2, 0) is 0 Å². The highest BCUT2D eigenvalue weighted by Gasteiger charge is 2.08. The van der Waals surface area contributed by atoms with Gasteiger partial charge in [0, 0.05) is 5.39 Å². The number of hydrogen-bond acceptors (Lipinski definition) is 3. The zero-order chi connectivity index (χ0) is 14.8. The quantitative estimate of drug-likeness (QED) is 0.743. The Balaban J connectivity index is 2.02. The summed E-state index contributed by atoms with van der Waals surface area (Å²) in [5.74, 6) is 1.32. The summed E-state index contributed by atoms with van der Waals surface area (Å²) in [6.45, 7) is 1.99. The Morgan fingerprint density at radius 1 is 1.14 bits per heavy atom. The number of para-hydroxylation sites is 1. The third-order valence-corrected chi connectivity index (χ3v) is 3.42. The van der Waals surface area contributed by atoms with Crippen LogP contribution < -0.4 is 10.5 Å². The van der Waals surface area contributed by atoms with Crippen molar-refractivity contribution < 1.29 is 4.74 Å². The number of rotatable bonds is 3. The molecular formula is C17H14N2OS. The van der Waals surface area contributed by atoms with E-state index in [-0.39, 0.29) is 0 Å². The number of thiocarbonyl (C=S) groups is 1. The van der Waals surface area contributed by atoms with Gasteiger partial charge >= 0.3 is 0 Å². The predicted octanol–water partition coefficient (Wildman–Crippen LogP) is 3.97. The fourth-order valence-electron chi connectivity index (χ4n) is 2.15. The largest absolute Gasteiger partial charge is 0.455 e. The van der Waals surface area contributed by atoms with E-state index in [1.807, 2.05) is 55.5 Å². The number of aromatic nitrogens is 1. The van der Waals surface area contributed by atoms with E-state index in [1.54, 1.807) is 6.20 Å². The number of hydrogen-bond donors (Lipinski definition) is 1. The Bertz CT molecular complexity index is 830. The Kier molecular flexibility index (Phi) is 3.54. The minimum atomic E-state index is 0.318. The van der Waals surface area contributed by atoms with Crippen molar-refractivity contribution in [2.75, 3.05) is 0 Å². The average molecular weight is 294 g/mol. The molecular weight excluding hydrogens is 280 g/mol. The van der Waals surface area contributed by atoms with Crippen LogP contribution in [0.25, 0.3) is 10.9 Å². The van der Waals surface area contributed by atoms with Gasteiger partial charge in [-0.2, -0.15) is 0 Å². The van der Waals surface area contributed by atoms with Crippen molar-refractivity contribution >= 4 is 28.1 Å². The molecule has 1 heterocycles. The summed E-state index contributed by atoms with van der Waals surface area (Å²) >= 11 is 5.07. The molecule has 104 valence electrons. The minimum absolute atomic E-state index is 0.318. The second kappa shape index (κ2) is 5.50. The molecule has 0 spiro atoms. The lowest BCUT2D eigenvalue weighted by Gasteiger charge is -2.11. The Hall–Kier alpha value is -2.46. The molecule has 3 nitrogen and oxygen atoms in total. The van der Waals surface area contributed by atoms with Crippen LogP contribution in [0.15, 0.2) is 54.7 Å². The first-order valence-corrected chi connectivity index (χ1v) is 6.97. The monoisotopic (exact) mass is 294 g/mol. The Morgan fingerprint density at radius 2 is 1.95 bits per heavy atom. The molecule has 2 aromatic carbocycles. The van der Waals surface area contributed by atoms with Crippen molar-refractivity contribution in [1.82, 2.24) is 4.98 Å². The predicted molar refractivity (Wildman–Crippen MR) is 88.9 cm³/mol. The van der Waals surface area contributed by atoms with Gasteiger partial charge in [-0.15, -0.1) is 0 Å². The van der Waals surface area contributed by atoms with Crippen molar-refractivity contribution in [2.45, 2.75) is 6.92 Å². The van der Waals surface area contributed by atoms with E-state index in [1.165, 1.54) is 0 Å². The highest BCUT2D eigenvalue weighted by Crippen LogP contribution is 2.28. The first kappa shape index (κ1) is 13.5. The van der Waals surface area contributed by atoms with Gasteiger partial charge in [-0.25, -0.2) is 0 Å². The van der Waals surface area contributed by atoms with E-state index in [2.05, 4.69) is 4.98 Å². The van der Waals surface area contributed by atoms with Crippen molar-refractivity contribution in [3.05, 3.63) is 65.9 Å². The molecule has 21 heavy (non-hydrogen) atoms. The summed E-state index contributed by atoms with van der Waals surface area (Å²) in [4.78, 5) is 4.70. The van der Waals surface area contributed by atoms with Gasteiger partial charge in [-0.3, -0.25) is 4.98 Å². The van der Waals surface area contributed by atoms with Gasteiger partial charge in [0.2, 0.25) is 0 Å². The molecule has 0 aliphatic rings. The first-order valence-electron chi connectivity index (χ1n) is 6.56. The van der Waals surface area contributed by atoms with Gasteiger partial charge in [-0.1, -0.05) is 36.5 Å². The molecule has 3 rings (SSSR count). The van der Waals surface area contributed by atoms with E-state index < -0.39 is 0 Å². The van der Waals surface area contributed by atoms with Crippen LogP contribution in [0.4, 0.5) is 0 Å². The highest BCUT2D eigenvalue weighted by atomic mass is 32.1. The molecule has 0 aliphatic heterocycles. The lowest BCUT2D eigenvalue weighted by Crippen LogP contribution is -2.10. The van der Waals surface area contributed by atoms with E-state index >= 15 is 0 Å². The SMILES string of the molecule is Cc1ccc(C(N)=S)c(Oc2cnc3ccccc3c2)c1. The molecule has 0 aliphatic carbocycles. The third-order valence-electron chi connectivity index (χ3n) is 3.20. The van der Waals surface area contributed by atoms with Gasteiger partial charge in [0.15, 0.2) is 0 Å². The fraction of sp³-hybridized carbons (Fsp3) is 0.0588. The summed E-state index contributed by atoms with van der Waals surface area (Å²) in [7, 11) is 0. The summed E-state index contributed by atoms with van der Waals surface area (Å²) in [6.07, 6.45) is 1.70. The first-order chi connectivity index (χ1) is 10.1. The van der Waals surface area contributed by atoms with Gasteiger partial charge in [0.05, 0.1) is 17.3 Å². The number of benzene rings is 2. The van der Waals surface area contributed by atoms with Crippen LogP contribution in [0.3, 0.4) is 0 Å². The number of ether oxygens (including phenoxy) is 1. The average Bonchev–Trinajstić information content (AvgIpc) is 2.47. The molecule has 0 atom stereocenters. The van der Waals surface area contributed by atoms with Gasteiger partial charge in [0.25, 0.3) is 0 Å². The van der Waals surface area contributed by atoms with E-state index in [9.17, 15) is 0 Å². The zero-order valence-corrected chi connectivity index (χ0v) is 12.4. The van der Waals surface area contributed by atoms with E-state index in [4.69, 9.17) is 22.7 Å². The lowest BCUT2D eigenvalue weighted by molar-refractivity contribution is 0.480. The molecule has 3 aromatic rings. The molecule has 4 heteroatoms. The smallest absolute Gasteiger partial charge is 0.146 e. The maximum Gasteiger partial charge on any atom is 0.146 e. The lowest BCUT2D eigenvalue weighted by atomic mass is 10.1. The zero-order valence-electron chi connectivity index (χ0n) is 11.5. The van der Waals surface area contributed by atoms with Crippen molar-refractivity contribution in [3.63, 3.8) is 0 Å². The van der Waals surface area contributed by atoms with Crippen LogP contribution in [-0.4, -0.2) is 9.97 Å². The molecule has 0 saturated carbocycles. The number of aryl methyl sites for hydroxylation is 1. The Morgan fingerprint density at radius 3 is 2.76 bits per heavy atom. The molecule has 0 radical (unpaired) electrons. The minimum Gasteiger partial charge on any atom is -0.455 e. The molecule has 0 amide bonds. The summed E-state index contributed by atoms with van der Waals surface area (Å²) in [5, 5.41) is 1.03. The highest BCUT2D eigenvalue weighted by molar-refractivity contribution is 7.80. The number of fused-ring (bicyclic) bond motifs is 1. The molecule has 1 aromatic heterocycles. The maximum absolute atomic E-state index is 5.93. The summed E-state index contributed by atoms with van der Waals surface area (Å²) < 4.78 is 5.93. The maximum atomic E-state index is 5.93. The van der Waals surface area contributed by atoms with E-state index in [0.717, 1.165) is 22.0 Å². The van der Waals surface area contributed by atoms with Gasteiger partial charge in [-0.05, 0) is 36.8 Å². The molecule has 2 N–H and O–H groups in total.